The molecule has 3 heterocycles. The second kappa shape index (κ2) is 6.90. The van der Waals surface area contributed by atoms with Gasteiger partial charge in [0, 0.05) is 24.2 Å². The molecule has 0 bridgehead atoms. The molecule has 8 heteroatoms. The highest BCUT2D eigenvalue weighted by Gasteiger charge is 2.20. The van der Waals surface area contributed by atoms with Gasteiger partial charge in [0.2, 0.25) is 0 Å². The number of carbonyl (C=O) groups excluding carboxylic acids is 1. The van der Waals surface area contributed by atoms with Gasteiger partial charge in [0.05, 0.1) is 24.0 Å². The minimum absolute atomic E-state index is 0.293. The van der Waals surface area contributed by atoms with Gasteiger partial charge in [0.25, 0.3) is 5.91 Å². The van der Waals surface area contributed by atoms with Gasteiger partial charge < -0.3 is 10.4 Å². The number of benzene rings is 1. The molecule has 0 saturated heterocycles. The molecular formula is C20H20N6O2. The molecule has 28 heavy (non-hydrogen) atoms. The average molecular weight is 376 g/mol. The second-order valence-electron chi connectivity index (χ2n) is 7.17. The first kappa shape index (κ1) is 17.9. The van der Waals surface area contributed by atoms with Crippen LogP contribution in [0.4, 0.5) is 5.69 Å². The highest BCUT2D eigenvalue weighted by atomic mass is 16.3. The average Bonchev–Trinajstić information content (AvgIpc) is 3.25. The van der Waals surface area contributed by atoms with Crippen molar-refractivity contribution in [3.8, 4) is 11.3 Å². The van der Waals surface area contributed by atoms with Gasteiger partial charge in [-0.25, -0.2) is 9.50 Å². The molecule has 142 valence electrons. The fourth-order valence-corrected chi connectivity index (χ4v) is 2.98. The van der Waals surface area contributed by atoms with Crippen LogP contribution in [0, 0.1) is 0 Å². The third-order valence-corrected chi connectivity index (χ3v) is 4.13. The fourth-order valence-electron chi connectivity index (χ4n) is 2.98. The molecule has 1 aromatic carbocycles. The summed E-state index contributed by atoms with van der Waals surface area (Å²) >= 11 is 0. The van der Waals surface area contributed by atoms with Gasteiger partial charge in [-0.2, -0.15) is 10.2 Å². The predicted octanol–water partition coefficient (Wildman–Crippen LogP) is 2.62. The zero-order valence-electron chi connectivity index (χ0n) is 15.6. The summed E-state index contributed by atoms with van der Waals surface area (Å²) in [6.07, 6.45) is 6.55. The number of nitrogens with zero attached hydrogens (tertiary/aromatic N) is 5. The number of nitrogens with one attached hydrogen (secondary N) is 1. The summed E-state index contributed by atoms with van der Waals surface area (Å²) < 4.78 is 3.18. The molecule has 0 radical (unpaired) electrons. The van der Waals surface area contributed by atoms with Crippen molar-refractivity contribution in [1.82, 2.24) is 24.4 Å². The quantitative estimate of drug-likeness (QED) is 0.558. The lowest BCUT2D eigenvalue weighted by atomic mass is 10.1. The lowest BCUT2D eigenvalue weighted by Crippen LogP contribution is -2.26. The van der Waals surface area contributed by atoms with Crippen molar-refractivity contribution in [2.75, 3.05) is 5.32 Å². The third kappa shape index (κ3) is 3.63. The van der Waals surface area contributed by atoms with Crippen molar-refractivity contribution in [3.05, 3.63) is 66.7 Å². The molecule has 0 aliphatic heterocycles. The number of carbonyl (C=O) groups is 1. The van der Waals surface area contributed by atoms with Crippen LogP contribution in [-0.4, -0.2) is 41.0 Å². The Hall–Kier alpha value is -3.52. The van der Waals surface area contributed by atoms with E-state index < -0.39 is 5.60 Å². The second-order valence-corrected chi connectivity index (χ2v) is 7.17. The first-order valence-corrected chi connectivity index (χ1v) is 8.86. The molecule has 0 atom stereocenters. The monoisotopic (exact) mass is 376 g/mol. The van der Waals surface area contributed by atoms with Crippen LogP contribution in [0.5, 0.6) is 0 Å². The van der Waals surface area contributed by atoms with Crippen LogP contribution < -0.4 is 5.32 Å². The Morgan fingerprint density at radius 1 is 1.21 bits per heavy atom. The van der Waals surface area contributed by atoms with Gasteiger partial charge in [-0.3, -0.25) is 9.48 Å². The number of fused-ring (bicyclic) bond motifs is 1. The molecule has 3 aromatic heterocycles. The molecular weight excluding hydrogens is 356 g/mol. The number of aromatic nitrogens is 5. The predicted molar refractivity (Wildman–Crippen MR) is 105 cm³/mol. The molecule has 0 fully saturated rings. The Kier molecular flexibility index (Phi) is 4.40. The van der Waals surface area contributed by atoms with Gasteiger partial charge in [-0.1, -0.05) is 30.3 Å². The summed E-state index contributed by atoms with van der Waals surface area (Å²) in [7, 11) is 0. The van der Waals surface area contributed by atoms with Crippen LogP contribution in [0.2, 0.25) is 0 Å². The Labute approximate surface area is 161 Å². The van der Waals surface area contributed by atoms with Crippen LogP contribution in [-0.2, 0) is 6.54 Å². The molecule has 4 aromatic rings. The van der Waals surface area contributed by atoms with Crippen molar-refractivity contribution in [2.45, 2.75) is 26.0 Å². The van der Waals surface area contributed by atoms with E-state index >= 15 is 0 Å². The molecule has 8 nitrogen and oxygen atoms in total. The zero-order chi connectivity index (χ0) is 19.7. The normalized spacial score (nSPS) is 11.7. The largest absolute Gasteiger partial charge is 0.389 e. The number of hydrogen-bond acceptors (Lipinski definition) is 5. The van der Waals surface area contributed by atoms with E-state index in [-0.39, 0.29) is 5.91 Å². The van der Waals surface area contributed by atoms with E-state index in [9.17, 15) is 9.90 Å². The number of anilines is 1. The Morgan fingerprint density at radius 2 is 2.00 bits per heavy atom. The highest BCUT2D eigenvalue weighted by Crippen LogP contribution is 2.27. The number of amides is 1. The lowest BCUT2D eigenvalue weighted by molar-refractivity contribution is 0.0578. The first-order chi connectivity index (χ1) is 13.4. The van der Waals surface area contributed by atoms with Crippen molar-refractivity contribution in [2.24, 2.45) is 0 Å². The van der Waals surface area contributed by atoms with Crippen molar-refractivity contribution in [1.29, 1.82) is 0 Å². The smallest absolute Gasteiger partial charge is 0.261 e. The van der Waals surface area contributed by atoms with Gasteiger partial charge in [-0.15, -0.1) is 0 Å². The standard InChI is InChI=1S/C20H20N6O2/c1-20(2,28)13-25-12-16(17(24-25)14-7-4-3-5-8-14)23-19(27)15-11-22-26-10-6-9-21-18(15)26/h3-12,28H,13H2,1-2H3,(H,23,27). The van der Waals surface area contributed by atoms with E-state index in [0.717, 1.165) is 5.56 Å². The van der Waals surface area contributed by atoms with Gasteiger partial charge >= 0.3 is 0 Å². The summed E-state index contributed by atoms with van der Waals surface area (Å²) in [5.41, 5.74) is 1.96. The lowest BCUT2D eigenvalue weighted by Gasteiger charge is -2.16. The number of hydrogen-bond donors (Lipinski definition) is 2. The topological polar surface area (TPSA) is 97.3 Å². The SMILES string of the molecule is CC(C)(O)Cn1cc(NC(=O)c2cnn3cccnc23)c(-c2ccccc2)n1. The summed E-state index contributed by atoms with van der Waals surface area (Å²) in [5, 5.41) is 21.8. The summed E-state index contributed by atoms with van der Waals surface area (Å²) in [4.78, 5) is 17.1. The first-order valence-electron chi connectivity index (χ1n) is 8.86. The molecule has 0 spiro atoms. The highest BCUT2D eigenvalue weighted by molar-refractivity contribution is 6.09. The number of rotatable bonds is 5. The zero-order valence-corrected chi connectivity index (χ0v) is 15.6. The van der Waals surface area contributed by atoms with Gasteiger partial charge in [0.1, 0.15) is 11.3 Å². The minimum Gasteiger partial charge on any atom is -0.389 e. The maximum atomic E-state index is 12.9. The molecule has 0 aliphatic carbocycles. The Bertz CT molecular complexity index is 1120. The molecule has 0 aliphatic rings. The van der Waals surface area contributed by atoms with Crippen LogP contribution in [0.3, 0.4) is 0 Å². The van der Waals surface area contributed by atoms with Crippen LogP contribution >= 0.6 is 0 Å². The van der Waals surface area contributed by atoms with Gasteiger partial charge in [0.15, 0.2) is 5.65 Å². The van der Waals surface area contributed by atoms with Crippen LogP contribution in [0.15, 0.2) is 61.2 Å². The van der Waals surface area contributed by atoms with E-state index in [1.807, 2.05) is 30.3 Å². The van der Waals surface area contributed by atoms with E-state index in [1.165, 1.54) is 6.20 Å². The summed E-state index contributed by atoms with van der Waals surface area (Å²) in [6.45, 7) is 3.71. The van der Waals surface area contributed by atoms with E-state index in [0.29, 0.717) is 29.1 Å². The van der Waals surface area contributed by atoms with E-state index in [2.05, 4.69) is 20.5 Å². The van der Waals surface area contributed by atoms with E-state index in [4.69, 9.17) is 0 Å². The molecule has 4 rings (SSSR count). The molecule has 0 saturated carbocycles. The van der Waals surface area contributed by atoms with Crippen molar-refractivity contribution >= 4 is 17.2 Å². The Morgan fingerprint density at radius 3 is 2.75 bits per heavy atom. The minimum atomic E-state index is -0.937. The Balaban J connectivity index is 1.70. The molecule has 0 unspecified atom stereocenters. The maximum absolute atomic E-state index is 12.9. The van der Waals surface area contributed by atoms with E-state index in [1.54, 1.807) is 47.7 Å². The summed E-state index contributed by atoms with van der Waals surface area (Å²) in [6, 6.07) is 11.3. The number of aliphatic hydroxyl groups is 1. The van der Waals surface area contributed by atoms with Crippen LogP contribution in [0.1, 0.15) is 24.2 Å². The fraction of sp³-hybridized carbons (Fsp3) is 0.200. The third-order valence-electron chi connectivity index (χ3n) is 4.13. The summed E-state index contributed by atoms with van der Waals surface area (Å²) in [5.74, 6) is -0.325. The van der Waals surface area contributed by atoms with Crippen molar-refractivity contribution < 1.29 is 9.90 Å². The van der Waals surface area contributed by atoms with Crippen molar-refractivity contribution in [3.63, 3.8) is 0 Å². The van der Waals surface area contributed by atoms with Gasteiger partial charge in [-0.05, 0) is 19.9 Å². The molecule has 2 N–H and O–H groups in total. The van der Waals surface area contributed by atoms with Crippen LogP contribution in [0.25, 0.3) is 16.9 Å². The molecule has 1 amide bonds. The maximum Gasteiger partial charge on any atom is 0.261 e.